The van der Waals surface area contributed by atoms with E-state index in [0.717, 1.165) is 0 Å². The van der Waals surface area contributed by atoms with Gasteiger partial charge in [-0.15, -0.1) is 0 Å². The van der Waals surface area contributed by atoms with Gasteiger partial charge in [0.25, 0.3) is 0 Å². The second kappa shape index (κ2) is 6.63. The van der Waals surface area contributed by atoms with Crippen LogP contribution in [0, 0.1) is 17.1 Å². The van der Waals surface area contributed by atoms with E-state index in [4.69, 9.17) is 38.9 Å². The van der Waals surface area contributed by atoms with Crippen LogP contribution in [0.15, 0.2) is 28.7 Å². The topological polar surface area (TPSA) is 59.0 Å². The zero-order chi connectivity index (χ0) is 15.6. The lowest BCUT2D eigenvalue weighted by molar-refractivity contribution is 0.438. The van der Waals surface area contributed by atoms with Gasteiger partial charge < -0.3 is 10.5 Å². The molecule has 0 amide bonds. The lowest BCUT2D eigenvalue weighted by Crippen LogP contribution is -2.02. The number of hydrogen-bond acceptors (Lipinski definition) is 3. The Balaban J connectivity index is 2.52. The summed E-state index contributed by atoms with van der Waals surface area (Å²) in [5.74, 6) is -0.609. The molecule has 0 saturated carbocycles. The van der Waals surface area contributed by atoms with Gasteiger partial charge in [0.2, 0.25) is 0 Å². The van der Waals surface area contributed by atoms with Crippen LogP contribution >= 0.6 is 39.1 Å². The predicted octanol–water partition coefficient (Wildman–Crippen LogP) is 5.02. The van der Waals surface area contributed by atoms with Crippen LogP contribution in [-0.4, -0.2) is 0 Å². The van der Waals surface area contributed by atoms with Gasteiger partial charge in [0, 0.05) is 21.6 Å². The Labute approximate surface area is 139 Å². The molecule has 0 atom stereocenters. The number of benzene rings is 2. The van der Waals surface area contributed by atoms with Gasteiger partial charge in [-0.2, -0.15) is 5.26 Å². The van der Waals surface area contributed by atoms with Gasteiger partial charge in [0.15, 0.2) is 11.6 Å². The monoisotopic (exact) mass is 388 g/mol. The van der Waals surface area contributed by atoms with E-state index in [1.165, 1.54) is 24.3 Å². The Morgan fingerprint density at radius 3 is 2.62 bits per heavy atom. The summed E-state index contributed by atoms with van der Waals surface area (Å²) in [7, 11) is 0. The SMILES string of the molecule is N#Cc1cc(Cl)cc(Oc2c(F)c(CN)cc(Br)c2Cl)c1. The van der Waals surface area contributed by atoms with Crippen molar-refractivity contribution in [3.05, 3.63) is 55.7 Å². The largest absolute Gasteiger partial charge is 0.453 e. The minimum atomic E-state index is -0.649. The first-order chi connectivity index (χ1) is 9.96. The van der Waals surface area contributed by atoms with Gasteiger partial charge in [0.05, 0.1) is 11.6 Å². The highest BCUT2D eigenvalue weighted by Gasteiger charge is 2.18. The molecule has 3 nitrogen and oxygen atoms in total. The van der Waals surface area contributed by atoms with Crippen LogP contribution in [0.25, 0.3) is 0 Å². The first-order valence-corrected chi connectivity index (χ1v) is 7.26. The molecule has 0 radical (unpaired) electrons. The van der Waals surface area contributed by atoms with Gasteiger partial charge >= 0.3 is 0 Å². The van der Waals surface area contributed by atoms with E-state index in [0.29, 0.717) is 15.1 Å². The predicted molar refractivity (Wildman–Crippen MR) is 83.2 cm³/mol. The molecule has 0 aliphatic heterocycles. The highest BCUT2D eigenvalue weighted by Crippen LogP contribution is 2.39. The molecule has 21 heavy (non-hydrogen) atoms. The molecule has 2 aromatic rings. The van der Waals surface area contributed by atoms with E-state index < -0.39 is 5.82 Å². The minimum absolute atomic E-state index is 0.00302. The molecule has 0 unspecified atom stereocenters. The Hall–Kier alpha value is -1.32. The molecule has 0 aliphatic rings. The molecule has 2 N–H and O–H groups in total. The molecule has 0 saturated heterocycles. The van der Waals surface area contributed by atoms with Crippen molar-refractivity contribution in [3.8, 4) is 17.6 Å². The van der Waals surface area contributed by atoms with E-state index >= 15 is 0 Å². The number of hydrogen-bond donors (Lipinski definition) is 1. The quantitative estimate of drug-likeness (QED) is 0.750. The molecule has 0 aromatic heterocycles. The Morgan fingerprint density at radius 2 is 2.00 bits per heavy atom. The van der Waals surface area contributed by atoms with Crippen LogP contribution < -0.4 is 10.5 Å². The Kier molecular flexibility index (Phi) is 5.07. The summed E-state index contributed by atoms with van der Waals surface area (Å²) in [6, 6.07) is 7.79. The number of nitriles is 1. The average Bonchev–Trinajstić information content (AvgIpc) is 2.46. The lowest BCUT2D eigenvalue weighted by Gasteiger charge is -2.13. The summed E-state index contributed by atoms with van der Waals surface area (Å²) in [6.45, 7) is -0.00302. The van der Waals surface area contributed by atoms with Gasteiger partial charge in [-0.1, -0.05) is 23.2 Å². The fraction of sp³-hybridized carbons (Fsp3) is 0.0714. The number of ether oxygens (including phenoxy) is 1. The average molecular weight is 390 g/mol. The third kappa shape index (κ3) is 3.47. The number of rotatable bonds is 3. The van der Waals surface area contributed by atoms with Crippen LogP contribution in [0.1, 0.15) is 11.1 Å². The van der Waals surface area contributed by atoms with Crippen molar-refractivity contribution < 1.29 is 9.13 Å². The fourth-order valence-corrected chi connectivity index (χ4v) is 2.53. The second-order valence-corrected chi connectivity index (χ2v) is 5.74. The van der Waals surface area contributed by atoms with Crippen molar-refractivity contribution in [3.63, 3.8) is 0 Å². The molecule has 0 heterocycles. The molecule has 2 rings (SSSR count). The normalized spacial score (nSPS) is 10.3. The van der Waals surface area contributed by atoms with Crippen LogP contribution in [0.4, 0.5) is 4.39 Å². The second-order valence-electron chi connectivity index (χ2n) is 4.07. The van der Waals surface area contributed by atoms with E-state index in [1.807, 2.05) is 6.07 Å². The highest BCUT2D eigenvalue weighted by atomic mass is 79.9. The fourth-order valence-electron chi connectivity index (χ4n) is 1.67. The van der Waals surface area contributed by atoms with Crippen LogP contribution in [0.5, 0.6) is 11.5 Å². The van der Waals surface area contributed by atoms with Crippen LogP contribution in [0.3, 0.4) is 0 Å². The highest BCUT2D eigenvalue weighted by molar-refractivity contribution is 9.10. The molecule has 108 valence electrons. The van der Waals surface area contributed by atoms with Gasteiger partial charge in [0.1, 0.15) is 10.8 Å². The summed E-state index contributed by atoms with van der Waals surface area (Å²) >= 11 is 15.1. The van der Waals surface area contributed by atoms with Crippen molar-refractivity contribution in [1.82, 2.24) is 0 Å². The maximum Gasteiger partial charge on any atom is 0.183 e. The summed E-state index contributed by atoms with van der Waals surface area (Å²) in [6.07, 6.45) is 0. The number of nitrogens with zero attached hydrogens (tertiary/aromatic N) is 1. The molecule has 0 bridgehead atoms. The molecular weight excluding hydrogens is 382 g/mol. The third-order valence-corrected chi connectivity index (χ3v) is 4.08. The zero-order valence-electron chi connectivity index (χ0n) is 10.5. The van der Waals surface area contributed by atoms with E-state index in [1.54, 1.807) is 0 Å². The van der Waals surface area contributed by atoms with Crippen molar-refractivity contribution in [2.75, 3.05) is 0 Å². The molecule has 0 fully saturated rings. The lowest BCUT2D eigenvalue weighted by atomic mass is 10.2. The number of nitrogens with two attached hydrogens (primary N) is 1. The standard InChI is InChI=1S/C14H8BrCl2FN2O/c15-11-3-8(6-20)13(18)14(12(11)17)21-10-2-7(5-19)1-9(16)4-10/h1-4H,6,20H2. The summed E-state index contributed by atoms with van der Waals surface area (Å²) in [5.41, 5.74) is 6.03. The Bertz CT molecular complexity index is 747. The van der Waals surface area contributed by atoms with Gasteiger partial charge in [-0.05, 0) is 40.2 Å². The molecule has 2 aromatic carbocycles. The third-order valence-electron chi connectivity index (χ3n) is 2.63. The van der Waals surface area contributed by atoms with Crippen molar-refractivity contribution >= 4 is 39.1 Å². The number of halogens is 4. The zero-order valence-corrected chi connectivity index (χ0v) is 13.6. The van der Waals surface area contributed by atoms with E-state index in [-0.39, 0.29) is 28.6 Å². The smallest absolute Gasteiger partial charge is 0.183 e. The molecule has 0 spiro atoms. The van der Waals surface area contributed by atoms with E-state index in [2.05, 4.69) is 15.9 Å². The van der Waals surface area contributed by atoms with Crippen molar-refractivity contribution in [2.24, 2.45) is 5.73 Å². The van der Waals surface area contributed by atoms with Crippen LogP contribution in [-0.2, 0) is 6.54 Å². The first-order valence-electron chi connectivity index (χ1n) is 5.71. The van der Waals surface area contributed by atoms with Crippen LogP contribution in [0.2, 0.25) is 10.0 Å². The summed E-state index contributed by atoms with van der Waals surface area (Å²) in [5, 5.41) is 9.27. The summed E-state index contributed by atoms with van der Waals surface area (Å²) in [4.78, 5) is 0. The molecular formula is C14H8BrCl2FN2O. The minimum Gasteiger partial charge on any atom is -0.453 e. The maximum atomic E-state index is 14.3. The summed E-state index contributed by atoms with van der Waals surface area (Å²) < 4.78 is 20.2. The molecule has 7 heteroatoms. The van der Waals surface area contributed by atoms with Gasteiger partial charge in [-0.3, -0.25) is 0 Å². The van der Waals surface area contributed by atoms with Crippen molar-refractivity contribution in [1.29, 1.82) is 5.26 Å². The first kappa shape index (κ1) is 16.1. The maximum absolute atomic E-state index is 14.3. The van der Waals surface area contributed by atoms with E-state index in [9.17, 15) is 4.39 Å². The molecule has 0 aliphatic carbocycles. The van der Waals surface area contributed by atoms with Gasteiger partial charge in [-0.25, -0.2) is 4.39 Å². The Morgan fingerprint density at radius 1 is 1.29 bits per heavy atom. The van der Waals surface area contributed by atoms with Crippen molar-refractivity contribution in [2.45, 2.75) is 6.54 Å².